The van der Waals surface area contributed by atoms with Crippen molar-refractivity contribution in [1.29, 1.82) is 0 Å². The van der Waals surface area contributed by atoms with Gasteiger partial charge in [-0.2, -0.15) is 10.2 Å². The predicted molar refractivity (Wildman–Crippen MR) is 103 cm³/mol. The number of hydrazone groups is 2. The van der Waals surface area contributed by atoms with E-state index in [1.165, 1.54) is 0 Å². The van der Waals surface area contributed by atoms with Crippen LogP contribution in [0, 0.1) is 13.8 Å². The zero-order valence-corrected chi connectivity index (χ0v) is 14.9. The number of amides is 2. The minimum absolute atomic E-state index is 0.0385. The zero-order valence-electron chi connectivity index (χ0n) is 14.9. The maximum absolute atomic E-state index is 11.7. The molecule has 0 aromatic heterocycles. The van der Waals surface area contributed by atoms with Gasteiger partial charge in [0, 0.05) is 12.8 Å². The van der Waals surface area contributed by atoms with Gasteiger partial charge in [0.2, 0.25) is 11.8 Å². The summed E-state index contributed by atoms with van der Waals surface area (Å²) in [6.45, 7) is 3.93. The number of nitrogens with zero attached hydrogens (tertiary/aromatic N) is 2. The molecule has 0 unspecified atom stereocenters. The van der Waals surface area contributed by atoms with Crippen molar-refractivity contribution in [3.8, 4) is 0 Å². The highest BCUT2D eigenvalue weighted by molar-refractivity contribution is 5.87. The highest BCUT2D eigenvalue weighted by Gasteiger charge is 2.05. The summed E-state index contributed by atoms with van der Waals surface area (Å²) >= 11 is 0. The molecule has 2 aromatic rings. The normalized spacial score (nSPS) is 11.0. The fraction of sp³-hybridized carbons (Fsp3) is 0.200. The monoisotopic (exact) mass is 350 g/mol. The number of benzene rings is 2. The summed E-state index contributed by atoms with van der Waals surface area (Å²) in [5.74, 6) is -0.652. The van der Waals surface area contributed by atoms with Crippen LogP contribution in [0.3, 0.4) is 0 Å². The number of nitrogens with one attached hydrogen (secondary N) is 2. The van der Waals surface area contributed by atoms with Gasteiger partial charge in [-0.3, -0.25) is 9.59 Å². The Morgan fingerprint density at radius 1 is 0.769 bits per heavy atom. The minimum Gasteiger partial charge on any atom is -0.273 e. The molecule has 0 radical (unpaired) electrons. The minimum atomic E-state index is -0.326. The maximum atomic E-state index is 11.7. The van der Waals surface area contributed by atoms with Crippen molar-refractivity contribution >= 4 is 24.2 Å². The smallest absolute Gasteiger partial charge is 0.240 e. The maximum Gasteiger partial charge on any atom is 0.240 e. The van der Waals surface area contributed by atoms with Crippen molar-refractivity contribution in [3.05, 3.63) is 70.8 Å². The first kappa shape index (κ1) is 19.1. The van der Waals surface area contributed by atoms with Crippen LogP contribution in [-0.4, -0.2) is 24.2 Å². The lowest BCUT2D eigenvalue weighted by Gasteiger charge is -2.01. The van der Waals surface area contributed by atoms with E-state index in [-0.39, 0.29) is 24.7 Å². The Balaban J connectivity index is 1.71. The van der Waals surface area contributed by atoms with Crippen molar-refractivity contribution in [3.63, 3.8) is 0 Å². The van der Waals surface area contributed by atoms with Crippen LogP contribution >= 0.6 is 0 Å². The average molecular weight is 350 g/mol. The van der Waals surface area contributed by atoms with Gasteiger partial charge in [0.05, 0.1) is 12.4 Å². The van der Waals surface area contributed by atoms with Crippen LogP contribution in [0.15, 0.2) is 58.7 Å². The van der Waals surface area contributed by atoms with E-state index >= 15 is 0 Å². The summed E-state index contributed by atoms with van der Waals surface area (Å²) in [6.07, 6.45) is 3.24. The Bertz CT molecular complexity index is 759. The molecule has 0 aliphatic heterocycles. The molecule has 0 spiro atoms. The molecule has 0 aliphatic carbocycles. The molecule has 2 N–H and O–H groups in total. The largest absolute Gasteiger partial charge is 0.273 e. The van der Waals surface area contributed by atoms with Gasteiger partial charge < -0.3 is 0 Å². The molecule has 0 atom stereocenters. The summed E-state index contributed by atoms with van der Waals surface area (Å²) < 4.78 is 0. The van der Waals surface area contributed by atoms with E-state index in [1.54, 1.807) is 12.4 Å². The van der Waals surface area contributed by atoms with Crippen LogP contribution < -0.4 is 10.9 Å². The van der Waals surface area contributed by atoms with Crippen LogP contribution in [0.2, 0.25) is 0 Å². The molecule has 0 bridgehead atoms. The predicted octanol–water partition coefficient (Wildman–Crippen LogP) is 2.68. The van der Waals surface area contributed by atoms with Crippen LogP contribution in [0.4, 0.5) is 0 Å². The van der Waals surface area contributed by atoms with Gasteiger partial charge in [-0.1, -0.05) is 48.5 Å². The average Bonchev–Trinajstić information content (AvgIpc) is 2.63. The van der Waals surface area contributed by atoms with E-state index in [1.807, 2.05) is 62.4 Å². The van der Waals surface area contributed by atoms with Gasteiger partial charge in [-0.15, -0.1) is 0 Å². The third kappa shape index (κ3) is 6.32. The van der Waals surface area contributed by atoms with E-state index in [2.05, 4.69) is 21.1 Å². The highest BCUT2D eigenvalue weighted by atomic mass is 16.2. The molecular weight excluding hydrogens is 328 g/mol. The number of carbonyl (C=O) groups excluding carboxylic acids is 2. The molecule has 0 saturated carbocycles. The SMILES string of the molecule is Cc1ccccc1/C=N\NC(=O)CCC(=O)N/N=C\c1ccccc1C. The second-order valence-electron chi connectivity index (χ2n) is 5.80. The van der Waals surface area contributed by atoms with E-state index in [4.69, 9.17) is 0 Å². The van der Waals surface area contributed by atoms with Crippen molar-refractivity contribution < 1.29 is 9.59 Å². The molecule has 26 heavy (non-hydrogen) atoms. The molecule has 0 aliphatic rings. The molecular formula is C20H22N4O2. The van der Waals surface area contributed by atoms with E-state index < -0.39 is 0 Å². The zero-order chi connectivity index (χ0) is 18.8. The Kier molecular flexibility index (Phi) is 7.24. The lowest BCUT2D eigenvalue weighted by molar-refractivity contribution is -0.126. The first-order valence-electron chi connectivity index (χ1n) is 8.31. The summed E-state index contributed by atoms with van der Waals surface area (Å²) in [7, 11) is 0. The molecule has 6 heteroatoms. The fourth-order valence-electron chi connectivity index (χ4n) is 2.15. The molecule has 6 nitrogen and oxygen atoms in total. The Morgan fingerprint density at radius 3 is 1.54 bits per heavy atom. The Hall–Kier alpha value is -3.28. The van der Waals surface area contributed by atoms with Gasteiger partial charge >= 0.3 is 0 Å². The van der Waals surface area contributed by atoms with Gasteiger partial charge in [-0.05, 0) is 36.1 Å². The number of aryl methyl sites for hydroxylation is 2. The third-order valence-electron chi connectivity index (χ3n) is 3.74. The molecule has 0 saturated heterocycles. The third-order valence-corrected chi connectivity index (χ3v) is 3.74. The van der Waals surface area contributed by atoms with Crippen LogP contribution in [-0.2, 0) is 9.59 Å². The summed E-state index contributed by atoms with van der Waals surface area (Å²) in [5, 5.41) is 7.81. The van der Waals surface area contributed by atoms with Crippen LogP contribution in [0.25, 0.3) is 0 Å². The lowest BCUT2D eigenvalue weighted by Crippen LogP contribution is -2.22. The van der Waals surface area contributed by atoms with Gasteiger partial charge in [0.1, 0.15) is 0 Å². The number of hydrogen-bond donors (Lipinski definition) is 2. The second-order valence-corrected chi connectivity index (χ2v) is 5.80. The first-order valence-corrected chi connectivity index (χ1v) is 8.31. The second kappa shape index (κ2) is 9.88. The standard InChI is InChI=1S/C20H22N4O2/c1-15-7-3-5-9-17(15)13-21-23-19(25)11-12-20(26)24-22-14-18-10-6-4-8-16(18)2/h3-10,13-14H,11-12H2,1-2H3,(H,23,25)(H,24,26)/b21-13-,22-14-. The number of rotatable bonds is 7. The van der Waals surface area contributed by atoms with Crippen molar-refractivity contribution in [2.24, 2.45) is 10.2 Å². The lowest BCUT2D eigenvalue weighted by atomic mass is 10.1. The summed E-state index contributed by atoms with van der Waals surface area (Å²) in [4.78, 5) is 23.4. The Labute approximate surface area is 153 Å². The van der Waals surface area contributed by atoms with Gasteiger partial charge in [-0.25, -0.2) is 10.9 Å². The highest BCUT2D eigenvalue weighted by Crippen LogP contribution is 2.04. The van der Waals surface area contributed by atoms with Crippen LogP contribution in [0.5, 0.6) is 0 Å². The molecule has 0 heterocycles. The first-order chi connectivity index (χ1) is 12.6. The van der Waals surface area contributed by atoms with Crippen molar-refractivity contribution in [1.82, 2.24) is 10.9 Å². The van der Waals surface area contributed by atoms with E-state index in [9.17, 15) is 9.59 Å². The number of hydrogen-bond acceptors (Lipinski definition) is 4. The van der Waals surface area contributed by atoms with Crippen LogP contribution in [0.1, 0.15) is 35.1 Å². The van der Waals surface area contributed by atoms with Crippen molar-refractivity contribution in [2.75, 3.05) is 0 Å². The van der Waals surface area contributed by atoms with E-state index in [0.717, 1.165) is 22.3 Å². The van der Waals surface area contributed by atoms with Crippen molar-refractivity contribution in [2.45, 2.75) is 26.7 Å². The molecule has 0 fully saturated rings. The van der Waals surface area contributed by atoms with Gasteiger partial charge in [0.15, 0.2) is 0 Å². The molecule has 2 aromatic carbocycles. The topological polar surface area (TPSA) is 82.9 Å². The quantitative estimate of drug-likeness (QED) is 0.594. The number of carbonyl (C=O) groups is 2. The van der Waals surface area contributed by atoms with Gasteiger partial charge in [0.25, 0.3) is 0 Å². The Morgan fingerprint density at radius 2 is 1.15 bits per heavy atom. The van der Waals surface area contributed by atoms with E-state index in [0.29, 0.717) is 0 Å². The molecule has 2 amide bonds. The molecule has 134 valence electrons. The summed E-state index contributed by atoms with van der Waals surface area (Å²) in [6, 6.07) is 15.4. The summed E-state index contributed by atoms with van der Waals surface area (Å²) in [5.41, 5.74) is 8.82. The molecule has 2 rings (SSSR count). The fourth-order valence-corrected chi connectivity index (χ4v) is 2.15.